The molecule has 2 aromatic rings. The molecule has 9 heteroatoms. The number of aromatic amines is 1. The molecule has 0 saturated carbocycles. The summed E-state index contributed by atoms with van der Waals surface area (Å²) in [6, 6.07) is 7.32. The van der Waals surface area contributed by atoms with Crippen LogP contribution in [0.25, 0.3) is 0 Å². The summed E-state index contributed by atoms with van der Waals surface area (Å²) in [6.07, 6.45) is 0. The zero-order valence-electron chi connectivity index (χ0n) is 10.3. The fraction of sp³-hybridized carbons (Fsp3) is 0.0909. The highest BCUT2D eigenvalue weighted by atomic mass is 32.2. The minimum absolute atomic E-state index is 0.0221. The van der Waals surface area contributed by atoms with Crippen molar-refractivity contribution in [3.63, 3.8) is 0 Å². The van der Waals surface area contributed by atoms with Crippen molar-refractivity contribution in [1.29, 1.82) is 0 Å². The lowest BCUT2D eigenvalue weighted by Crippen LogP contribution is -2.23. The topological polar surface area (TPSA) is 144 Å². The third kappa shape index (κ3) is 3.33. The number of primary sulfonamides is 1. The molecule has 0 atom stereocenters. The largest absolute Gasteiger partial charge is 0.382 e. The van der Waals surface area contributed by atoms with Gasteiger partial charge in [-0.1, -0.05) is 12.1 Å². The van der Waals surface area contributed by atoms with Crippen LogP contribution in [0.1, 0.15) is 16.1 Å². The van der Waals surface area contributed by atoms with Gasteiger partial charge in [-0.15, -0.1) is 0 Å². The number of sulfonamides is 1. The van der Waals surface area contributed by atoms with E-state index < -0.39 is 10.0 Å². The number of anilines is 1. The molecular weight excluding hydrogens is 282 g/mol. The van der Waals surface area contributed by atoms with Crippen LogP contribution in [0.3, 0.4) is 0 Å². The molecule has 1 heterocycles. The summed E-state index contributed by atoms with van der Waals surface area (Å²) < 4.78 is 22.2. The lowest BCUT2D eigenvalue weighted by atomic mass is 10.2. The van der Waals surface area contributed by atoms with Gasteiger partial charge in [-0.05, 0) is 17.7 Å². The Labute approximate surface area is 115 Å². The van der Waals surface area contributed by atoms with Gasteiger partial charge >= 0.3 is 0 Å². The van der Waals surface area contributed by atoms with Gasteiger partial charge in [-0.3, -0.25) is 9.89 Å². The van der Waals surface area contributed by atoms with Crippen molar-refractivity contribution in [2.45, 2.75) is 11.4 Å². The number of H-pyrrole nitrogens is 1. The van der Waals surface area contributed by atoms with Gasteiger partial charge in [0.15, 0.2) is 0 Å². The van der Waals surface area contributed by atoms with Gasteiger partial charge in [0, 0.05) is 12.6 Å². The first kappa shape index (κ1) is 14.0. The van der Waals surface area contributed by atoms with Crippen LogP contribution >= 0.6 is 0 Å². The number of nitrogens with one attached hydrogen (secondary N) is 2. The fourth-order valence-corrected chi connectivity index (χ4v) is 2.04. The lowest BCUT2D eigenvalue weighted by Gasteiger charge is -2.04. The van der Waals surface area contributed by atoms with Crippen molar-refractivity contribution in [3.05, 3.63) is 41.6 Å². The summed E-state index contributed by atoms with van der Waals surface area (Å²) in [5, 5.41) is 13.8. The second kappa shape index (κ2) is 5.31. The van der Waals surface area contributed by atoms with Crippen LogP contribution in [-0.4, -0.2) is 24.5 Å². The highest BCUT2D eigenvalue weighted by Crippen LogP contribution is 2.09. The molecule has 106 valence electrons. The Bertz CT molecular complexity index is 721. The van der Waals surface area contributed by atoms with E-state index in [0.29, 0.717) is 0 Å². The highest BCUT2D eigenvalue weighted by Gasteiger charge is 2.09. The molecule has 1 aromatic heterocycles. The summed E-state index contributed by atoms with van der Waals surface area (Å²) >= 11 is 0. The minimum atomic E-state index is -3.71. The van der Waals surface area contributed by atoms with E-state index >= 15 is 0 Å². The third-order valence-electron chi connectivity index (χ3n) is 2.55. The van der Waals surface area contributed by atoms with Crippen molar-refractivity contribution in [1.82, 2.24) is 15.5 Å². The maximum absolute atomic E-state index is 11.7. The SMILES string of the molecule is Nc1cc(C(=O)NCc2ccc(S(N)(=O)=O)cc2)[nH]n1. The van der Waals surface area contributed by atoms with E-state index in [1.165, 1.54) is 18.2 Å². The molecule has 0 spiro atoms. The molecule has 0 fully saturated rings. The first-order chi connectivity index (χ1) is 9.36. The van der Waals surface area contributed by atoms with Crippen molar-refractivity contribution in [2.75, 3.05) is 5.73 Å². The second-order valence-corrected chi connectivity index (χ2v) is 5.64. The Morgan fingerprint density at radius 2 is 1.95 bits per heavy atom. The smallest absolute Gasteiger partial charge is 0.269 e. The number of hydrogen-bond acceptors (Lipinski definition) is 5. The molecule has 0 radical (unpaired) electrons. The lowest BCUT2D eigenvalue weighted by molar-refractivity contribution is 0.0946. The standard InChI is InChI=1S/C11H13N5O3S/c12-10-5-9(15-16-10)11(17)14-6-7-1-3-8(4-2-7)20(13,18)19/h1-5H,6H2,(H,14,17)(H3,12,15,16)(H2,13,18,19). The monoisotopic (exact) mass is 295 g/mol. The predicted molar refractivity (Wildman–Crippen MR) is 72.0 cm³/mol. The predicted octanol–water partition coefficient (Wildman–Crippen LogP) is -0.431. The van der Waals surface area contributed by atoms with Crippen LogP contribution in [0.5, 0.6) is 0 Å². The molecule has 8 nitrogen and oxygen atoms in total. The fourth-order valence-electron chi connectivity index (χ4n) is 1.53. The maximum atomic E-state index is 11.7. The van der Waals surface area contributed by atoms with E-state index in [9.17, 15) is 13.2 Å². The molecule has 0 aliphatic rings. The molecule has 0 unspecified atom stereocenters. The minimum Gasteiger partial charge on any atom is -0.382 e. The Balaban J connectivity index is 1.99. The Hall–Kier alpha value is -2.39. The number of rotatable bonds is 4. The first-order valence-electron chi connectivity index (χ1n) is 5.57. The number of amides is 1. The summed E-state index contributed by atoms with van der Waals surface area (Å²) in [5.41, 5.74) is 6.38. The molecule has 20 heavy (non-hydrogen) atoms. The first-order valence-corrected chi connectivity index (χ1v) is 7.12. The Kier molecular flexibility index (Phi) is 3.72. The van der Waals surface area contributed by atoms with E-state index in [-0.39, 0.29) is 28.9 Å². The Morgan fingerprint density at radius 3 is 2.45 bits per heavy atom. The van der Waals surface area contributed by atoms with Gasteiger partial charge in [0.25, 0.3) is 5.91 Å². The molecule has 0 aliphatic heterocycles. The molecule has 1 aromatic carbocycles. The molecule has 0 saturated heterocycles. The van der Waals surface area contributed by atoms with E-state index in [0.717, 1.165) is 5.56 Å². The molecule has 6 N–H and O–H groups in total. The molecule has 0 bridgehead atoms. The van der Waals surface area contributed by atoms with Crippen molar-refractivity contribution in [3.8, 4) is 0 Å². The average Bonchev–Trinajstić information content (AvgIpc) is 2.82. The summed E-state index contributed by atoms with van der Waals surface area (Å²) in [7, 11) is -3.71. The second-order valence-electron chi connectivity index (χ2n) is 4.08. The molecule has 0 aliphatic carbocycles. The van der Waals surface area contributed by atoms with E-state index in [2.05, 4.69) is 15.5 Å². The van der Waals surface area contributed by atoms with Gasteiger partial charge in [0.05, 0.1) is 4.90 Å². The van der Waals surface area contributed by atoms with Gasteiger partial charge in [0.1, 0.15) is 11.5 Å². The van der Waals surface area contributed by atoms with E-state index in [1.807, 2.05) is 0 Å². The van der Waals surface area contributed by atoms with Crippen LogP contribution in [0.4, 0.5) is 5.82 Å². The molecular formula is C11H13N5O3S. The summed E-state index contributed by atoms with van der Waals surface area (Å²) in [4.78, 5) is 11.7. The highest BCUT2D eigenvalue weighted by molar-refractivity contribution is 7.89. The third-order valence-corrected chi connectivity index (χ3v) is 3.48. The number of carbonyl (C=O) groups excluding carboxylic acids is 1. The number of nitrogens with two attached hydrogens (primary N) is 2. The zero-order valence-corrected chi connectivity index (χ0v) is 11.1. The molecule has 1 amide bonds. The van der Waals surface area contributed by atoms with Gasteiger partial charge < -0.3 is 11.1 Å². The number of carbonyl (C=O) groups is 1. The van der Waals surface area contributed by atoms with Crippen LogP contribution in [0.2, 0.25) is 0 Å². The van der Waals surface area contributed by atoms with Crippen molar-refractivity contribution < 1.29 is 13.2 Å². The average molecular weight is 295 g/mol. The van der Waals surface area contributed by atoms with Crippen LogP contribution in [0.15, 0.2) is 35.2 Å². The molecule has 2 rings (SSSR count). The van der Waals surface area contributed by atoms with Crippen molar-refractivity contribution in [2.24, 2.45) is 5.14 Å². The maximum Gasteiger partial charge on any atom is 0.269 e. The number of benzene rings is 1. The van der Waals surface area contributed by atoms with Gasteiger partial charge in [0.2, 0.25) is 10.0 Å². The van der Waals surface area contributed by atoms with Gasteiger partial charge in [-0.25, -0.2) is 13.6 Å². The van der Waals surface area contributed by atoms with Crippen LogP contribution in [-0.2, 0) is 16.6 Å². The normalized spacial score (nSPS) is 11.2. The van der Waals surface area contributed by atoms with E-state index in [1.54, 1.807) is 12.1 Å². The van der Waals surface area contributed by atoms with Gasteiger partial charge in [-0.2, -0.15) is 5.10 Å². The van der Waals surface area contributed by atoms with Crippen molar-refractivity contribution >= 4 is 21.7 Å². The van der Waals surface area contributed by atoms with E-state index in [4.69, 9.17) is 10.9 Å². The quantitative estimate of drug-likeness (QED) is 0.605. The summed E-state index contributed by atoms with van der Waals surface area (Å²) in [6.45, 7) is 0.239. The van der Waals surface area contributed by atoms with Crippen LogP contribution < -0.4 is 16.2 Å². The number of aromatic nitrogens is 2. The zero-order chi connectivity index (χ0) is 14.8. The Morgan fingerprint density at radius 1 is 1.30 bits per heavy atom. The summed E-state index contributed by atoms with van der Waals surface area (Å²) in [5.74, 6) is -0.127. The van der Waals surface area contributed by atoms with Crippen LogP contribution in [0, 0.1) is 0 Å². The number of hydrogen-bond donors (Lipinski definition) is 4. The number of nitrogens with zero attached hydrogens (tertiary/aromatic N) is 1. The number of nitrogen functional groups attached to an aromatic ring is 1.